The number of fused-ring (bicyclic) bond motifs is 2. The fourth-order valence-corrected chi connectivity index (χ4v) is 4.01. The lowest BCUT2D eigenvalue weighted by atomic mass is 10.0. The average Bonchev–Trinajstić information content (AvgIpc) is 2.58. The van der Waals surface area contributed by atoms with E-state index in [1.807, 2.05) is 16.7 Å². The summed E-state index contributed by atoms with van der Waals surface area (Å²) >= 11 is 19.1. The van der Waals surface area contributed by atoms with Gasteiger partial charge in [0.2, 0.25) is 0 Å². The number of carbonyl (C=O) groups is 1. The number of primary amides is 1. The smallest absolute Gasteiger partial charge is 0.251 e. The van der Waals surface area contributed by atoms with Crippen molar-refractivity contribution >= 4 is 62.5 Å². The number of aromatic nitrogens is 1. The van der Waals surface area contributed by atoms with E-state index >= 15 is 0 Å². The van der Waals surface area contributed by atoms with E-state index in [2.05, 4.69) is 6.92 Å². The minimum absolute atomic E-state index is 0.0356. The first-order chi connectivity index (χ1) is 11.9. The molecule has 3 aromatic rings. The summed E-state index contributed by atoms with van der Waals surface area (Å²) in [6.07, 6.45) is 1.84. The molecule has 130 valence electrons. The highest BCUT2D eigenvalue weighted by atomic mass is 35.5. The van der Waals surface area contributed by atoms with Crippen LogP contribution in [0.2, 0.25) is 15.1 Å². The summed E-state index contributed by atoms with van der Waals surface area (Å²) in [6.45, 7) is 2.70. The summed E-state index contributed by atoms with van der Waals surface area (Å²) in [5.74, 6) is -0.827. The highest BCUT2D eigenvalue weighted by Gasteiger charge is 2.24. The van der Waals surface area contributed by atoms with Gasteiger partial charge in [0.25, 0.3) is 5.91 Å². The fourth-order valence-electron chi connectivity index (χ4n) is 3.03. The van der Waals surface area contributed by atoms with E-state index in [9.17, 15) is 9.59 Å². The molecule has 4 nitrogen and oxygen atoms in total. The molecule has 7 heteroatoms. The highest BCUT2D eigenvalue weighted by molar-refractivity contribution is 6.50. The first-order valence-corrected chi connectivity index (χ1v) is 8.95. The van der Waals surface area contributed by atoms with Crippen molar-refractivity contribution in [2.45, 2.75) is 26.3 Å². The Morgan fingerprint density at radius 1 is 1.12 bits per heavy atom. The number of carbonyl (C=O) groups excluding carboxylic acids is 1. The SMILES string of the molecule is CCCCn1c2ccccc2c(=O)c2c(Cl)c(C(N)=O)c(Cl)c(Cl)c21. The van der Waals surface area contributed by atoms with Gasteiger partial charge in [-0.15, -0.1) is 0 Å². The van der Waals surface area contributed by atoms with Gasteiger partial charge in [0.15, 0.2) is 5.43 Å². The van der Waals surface area contributed by atoms with E-state index in [0.717, 1.165) is 18.4 Å². The molecule has 0 saturated carbocycles. The van der Waals surface area contributed by atoms with Gasteiger partial charge < -0.3 is 10.3 Å². The van der Waals surface area contributed by atoms with Crippen LogP contribution < -0.4 is 11.2 Å². The molecule has 0 unspecified atom stereocenters. The molecule has 0 spiro atoms. The summed E-state index contributed by atoms with van der Waals surface area (Å²) in [6, 6.07) is 7.21. The molecule has 0 bridgehead atoms. The summed E-state index contributed by atoms with van der Waals surface area (Å²) in [7, 11) is 0. The molecule has 0 aliphatic heterocycles. The number of nitrogens with two attached hydrogens (primary N) is 1. The van der Waals surface area contributed by atoms with Gasteiger partial charge in [-0.2, -0.15) is 0 Å². The van der Waals surface area contributed by atoms with Crippen molar-refractivity contribution in [2.75, 3.05) is 0 Å². The molecule has 0 saturated heterocycles. The lowest BCUT2D eigenvalue weighted by molar-refractivity contribution is 0.100. The van der Waals surface area contributed by atoms with Crippen molar-refractivity contribution in [1.82, 2.24) is 4.57 Å². The molecule has 3 rings (SSSR count). The number of amides is 1. The Kier molecular flexibility index (Phi) is 4.96. The Balaban J connectivity index is 2.64. The molecule has 25 heavy (non-hydrogen) atoms. The predicted molar refractivity (Wildman–Crippen MR) is 104 cm³/mol. The topological polar surface area (TPSA) is 65.1 Å². The molecule has 0 fully saturated rings. The maximum Gasteiger partial charge on any atom is 0.251 e. The lowest BCUT2D eigenvalue weighted by Gasteiger charge is -2.18. The predicted octanol–water partition coefficient (Wildman–Crippen LogP) is 5.01. The number of para-hydroxylation sites is 1. The van der Waals surface area contributed by atoms with E-state index < -0.39 is 5.91 Å². The van der Waals surface area contributed by atoms with Crippen LogP contribution in [0.5, 0.6) is 0 Å². The molecule has 2 N–H and O–H groups in total. The molecule has 0 radical (unpaired) electrons. The summed E-state index contributed by atoms with van der Waals surface area (Å²) in [5.41, 5.74) is 6.12. The van der Waals surface area contributed by atoms with E-state index in [4.69, 9.17) is 40.5 Å². The Bertz CT molecular complexity index is 1070. The minimum Gasteiger partial charge on any atom is -0.366 e. The monoisotopic (exact) mass is 396 g/mol. The molecular formula is C18H15Cl3N2O2. The maximum absolute atomic E-state index is 13.0. The third-order valence-corrected chi connectivity index (χ3v) is 5.43. The van der Waals surface area contributed by atoms with Gasteiger partial charge in [-0.1, -0.05) is 60.3 Å². The Morgan fingerprint density at radius 2 is 1.80 bits per heavy atom. The number of nitrogens with zero attached hydrogens (tertiary/aromatic N) is 1. The number of aryl methyl sites for hydroxylation is 1. The van der Waals surface area contributed by atoms with Crippen molar-refractivity contribution in [3.05, 3.63) is 55.1 Å². The third-order valence-electron chi connectivity index (χ3n) is 4.21. The Hall–Kier alpha value is -1.75. The van der Waals surface area contributed by atoms with Crippen LogP contribution in [0.1, 0.15) is 30.1 Å². The van der Waals surface area contributed by atoms with Crippen LogP contribution in [0.4, 0.5) is 0 Å². The van der Waals surface area contributed by atoms with Gasteiger partial charge in [-0.25, -0.2) is 0 Å². The fraction of sp³-hybridized carbons (Fsp3) is 0.222. The second-order valence-electron chi connectivity index (χ2n) is 5.76. The summed E-state index contributed by atoms with van der Waals surface area (Å²) in [4.78, 5) is 24.8. The van der Waals surface area contributed by atoms with E-state index in [1.54, 1.807) is 12.1 Å². The molecular weight excluding hydrogens is 383 g/mol. The molecule has 1 amide bonds. The zero-order valence-corrected chi connectivity index (χ0v) is 15.7. The molecule has 0 aliphatic carbocycles. The largest absolute Gasteiger partial charge is 0.366 e. The summed E-state index contributed by atoms with van der Waals surface area (Å²) in [5, 5.41) is 0.680. The van der Waals surface area contributed by atoms with E-state index in [-0.39, 0.29) is 31.4 Å². The van der Waals surface area contributed by atoms with Crippen LogP contribution in [0.3, 0.4) is 0 Å². The van der Waals surface area contributed by atoms with Crippen LogP contribution in [-0.4, -0.2) is 10.5 Å². The van der Waals surface area contributed by atoms with Crippen LogP contribution in [0.15, 0.2) is 29.1 Å². The third kappa shape index (κ3) is 2.78. The first kappa shape index (κ1) is 18.1. The van der Waals surface area contributed by atoms with Crippen LogP contribution in [0.25, 0.3) is 21.8 Å². The highest BCUT2D eigenvalue weighted by Crippen LogP contribution is 2.40. The van der Waals surface area contributed by atoms with Crippen LogP contribution in [0, 0.1) is 0 Å². The molecule has 1 aromatic heterocycles. The van der Waals surface area contributed by atoms with Gasteiger partial charge >= 0.3 is 0 Å². The van der Waals surface area contributed by atoms with Gasteiger partial charge in [0.1, 0.15) is 0 Å². The zero-order chi connectivity index (χ0) is 18.3. The van der Waals surface area contributed by atoms with Crippen molar-refractivity contribution in [1.29, 1.82) is 0 Å². The summed E-state index contributed by atoms with van der Waals surface area (Å²) < 4.78 is 1.93. The zero-order valence-electron chi connectivity index (χ0n) is 13.4. The number of hydrogen-bond donors (Lipinski definition) is 1. The molecule has 0 aliphatic rings. The maximum atomic E-state index is 13.0. The number of halogens is 3. The van der Waals surface area contributed by atoms with Crippen molar-refractivity contribution in [2.24, 2.45) is 5.73 Å². The van der Waals surface area contributed by atoms with Crippen molar-refractivity contribution in [3.8, 4) is 0 Å². The molecule has 1 heterocycles. The number of pyridine rings is 1. The van der Waals surface area contributed by atoms with Gasteiger partial charge in [0.05, 0.1) is 37.1 Å². The average molecular weight is 398 g/mol. The lowest BCUT2D eigenvalue weighted by Crippen LogP contribution is -2.17. The van der Waals surface area contributed by atoms with Gasteiger partial charge in [-0.05, 0) is 18.6 Å². The van der Waals surface area contributed by atoms with E-state index in [1.165, 1.54) is 0 Å². The standard InChI is InChI=1S/C18H15Cl3N2O2/c1-2-3-8-23-10-7-5-4-6-9(10)17(24)12-13(19)11(18(22)25)14(20)15(21)16(12)23/h4-7H,2-3,8H2,1H3,(H2,22,25). The number of hydrogen-bond acceptors (Lipinski definition) is 2. The van der Waals surface area contributed by atoms with Crippen molar-refractivity contribution < 1.29 is 4.79 Å². The molecule has 0 atom stereocenters. The van der Waals surface area contributed by atoms with E-state index in [0.29, 0.717) is 17.4 Å². The Labute approximate surface area is 159 Å². The second-order valence-corrected chi connectivity index (χ2v) is 6.89. The van der Waals surface area contributed by atoms with Crippen LogP contribution in [-0.2, 0) is 6.54 Å². The second kappa shape index (κ2) is 6.87. The first-order valence-electron chi connectivity index (χ1n) is 7.81. The quantitative estimate of drug-likeness (QED) is 0.496. The number of rotatable bonds is 4. The normalized spacial score (nSPS) is 11.4. The number of unbranched alkanes of at least 4 members (excludes halogenated alkanes) is 1. The van der Waals surface area contributed by atoms with Gasteiger partial charge in [-0.3, -0.25) is 9.59 Å². The number of benzene rings is 2. The molecule has 2 aromatic carbocycles. The van der Waals surface area contributed by atoms with Crippen molar-refractivity contribution in [3.63, 3.8) is 0 Å². The Morgan fingerprint density at radius 3 is 2.44 bits per heavy atom. The van der Waals surface area contributed by atoms with Crippen LogP contribution >= 0.6 is 34.8 Å². The van der Waals surface area contributed by atoms with Gasteiger partial charge in [0, 0.05) is 11.9 Å². The minimum atomic E-state index is -0.827.